The Morgan fingerprint density at radius 3 is 2.47 bits per heavy atom. The van der Waals surface area contributed by atoms with Crippen molar-refractivity contribution in [2.24, 2.45) is 5.92 Å². The van der Waals surface area contributed by atoms with Crippen LogP contribution in [0.2, 0.25) is 0 Å². The summed E-state index contributed by atoms with van der Waals surface area (Å²) in [5, 5.41) is 20.4. The van der Waals surface area contributed by atoms with Gasteiger partial charge in [-0.3, -0.25) is 4.79 Å². The molecule has 6 nitrogen and oxygen atoms in total. The van der Waals surface area contributed by atoms with E-state index in [1.165, 1.54) is 11.8 Å². The minimum atomic E-state index is -1.07. The molecule has 0 aromatic heterocycles. The molecule has 1 heterocycles. The van der Waals surface area contributed by atoms with Gasteiger partial charge in [0.15, 0.2) is 0 Å². The molecule has 6 heteroatoms. The van der Waals surface area contributed by atoms with Gasteiger partial charge >= 0.3 is 12.0 Å². The van der Waals surface area contributed by atoms with E-state index in [4.69, 9.17) is 5.11 Å². The van der Waals surface area contributed by atoms with Crippen molar-refractivity contribution in [1.29, 1.82) is 0 Å². The molecule has 3 N–H and O–H groups in total. The zero-order chi connectivity index (χ0) is 11.6. The number of aliphatic carboxylic acids is 1. The summed E-state index contributed by atoms with van der Waals surface area (Å²) in [6.07, 6.45) is -0.518. The Morgan fingerprint density at radius 2 is 2.07 bits per heavy atom. The number of likely N-dealkylation sites (tertiary alicyclic amines) is 1. The van der Waals surface area contributed by atoms with Gasteiger partial charge in [-0.25, -0.2) is 4.79 Å². The Balaban J connectivity index is 2.45. The number of hydrogen-bond acceptors (Lipinski definition) is 3. The number of carboxylic acids is 1. The number of nitrogens with zero attached hydrogens (tertiary/aromatic N) is 1. The smallest absolute Gasteiger partial charge is 0.325 e. The van der Waals surface area contributed by atoms with Crippen molar-refractivity contribution >= 4 is 12.0 Å². The number of hydrogen-bond donors (Lipinski definition) is 3. The van der Waals surface area contributed by atoms with E-state index < -0.39 is 24.1 Å². The second-order valence-electron chi connectivity index (χ2n) is 3.96. The number of β-amino-alcohol motifs (C(OH)–C–C–N with tert-alkyl or cyclic N) is 1. The summed E-state index contributed by atoms with van der Waals surface area (Å²) < 4.78 is 0. The van der Waals surface area contributed by atoms with Crippen molar-refractivity contribution < 1.29 is 19.8 Å². The molecule has 0 saturated carbocycles. The third-order valence-electron chi connectivity index (χ3n) is 2.57. The molecule has 1 aliphatic heterocycles. The number of aliphatic hydroxyl groups excluding tert-OH is 1. The van der Waals surface area contributed by atoms with E-state index in [0.29, 0.717) is 6.54 Å². The van der Waals surface area contributed by atoms with Crippen molar-refractivity contribution in [3.63, 3.8) is 0 Å². The maximum Gasteiger partial charge on any atom is 0.325 e. The van der Waals surface area contributed by atoms with E-state index in [0.717, 1.165) is 0 Å². The van der Waals surface area contributed by atoms with Crippen LogP contribution in [-0.2, 0) is 4.79 Å². The highest BCUT2D eigenvalue weighted by Crippen LogP contribution is 2.15. The second kappa shape index (κ2) is 4.48. The first-order valence-electron chi connectivity index (χ1n) is 4.88. The van der Waals surface area contributed by atoms with Crippen LogP contribution in [0.15, 0.2) is 0 Å². The van der Waals surface area contributed by atoms with Crippen molar-refractivity contribution in [3.8, 4) is 0 Å². The molecular weight excluding hydrogens is 200 g/mol. The van der Waals surface area contributed by atoms with Crippen LogP contribution >= 0.6 is 0 Å². The van der Waals surface area contributed by atoms with Crippen LogP contribution in [0.4, 0.5) is 4.79 Å². The highest BCUT2D eigenvalue weighted by atomic mass is 16.4. The summed E-state index contributed by atoms with van der Waals surface area (Å²) in [7, 11) is 0. The van der Waals surface area contributed by atoms with Gasteiger partial charge in [0.1, 0.15) is 6.04 Å². The van der Waals surface area contributed by atoms with Crippen molar-refractivity contribution in [3.05, 3.63) is 0 Å². The van der Waals surface area contributed by atoms with E-state index in [2.05, 4.69) is 5.32 Å². The van der Waals surface area contributed by atoms with Crippen LogP contribution in [0.25, 0.3) is 0 Å². The maximum absolute atomic E-state index is 11.5. The number of nitrogens with one attached hydrogen (secondary N) is 1. The summed E-state index contributed by atoms with van der Waals surface area (Å²) in [5.74, 6) is -1.04. The summed E-state index contributed by atoms with van der Waals surface area (Å²) in [6.45, 7) is 3.97. The maximum atomic E-state index is 11.5. The number of aliphatic hydroxyl groups is 1. The first-order chi connectivity index (χ1) is 6.91. The Bertz CT molecular complexity index is 259. The molecule has 15 heavy (non-hydrogen) atoms. The molecule has 0 bridgehead atoms. The predicted octanol–water partition coefficient (Wildman–Crippen LogP) is -0.518. The molecule has 86 valence electrons. The molecular formula is C9H16N2O4. The zero-order valence-corrected chi connectivity index (χ0v) is 8.80. The van der Waals surface area contributed by atoms with E-state index in [1.54, 1.807) is 0 Å². The first-order valence-corrected chi connectivity index (χ1v) is 4.88. The fourth-order valence-corrected chi connectivity index (χ4v) is 1.45. The largest absolute Gasteiger partial charge is 0.480 e. The highest BCUT2D eigenvalue weighted by molar-refractivity contribution is 5.82. The monoisotopic (exact) mass is 216 g/mol. The molecule has 0 aromatic rings. The standard InChI is InChI=1S/C9H16N2O4/c1-5-3-11(4-7(5)12)9(15)10-6(2)8(13)14/h5-7,12H,3-4H2,1-2H3,(H,10,15)(H,13,14). The van der Waals surface area contributed by atoms with Crippen LogP contribution < -0.4 is 5.32 Å². The molecule has 1 aliphatic rings. The van der Waals surface area contributed by atoms with E-state index in [9.17, 15) is 14.7 Å². The summed E-state index contributed by atoms with van der Waals surface area (Å²) >= 11 is 0. The third kappa shape index (κ3) is 2.82. The minimum Gasteiger partial charge on any atom is -0.480 e. The Kier molecular flexibility index (Phi) is 3.52. The van der Waals surface area contributed by atoms with Gasteiger partial charge in [-0.15, -0.1) is 0 Å². The highest BCUT2D eigenvalue weighted by Gasteiger charge is 2.31. The number of rotatable bonds is 2. The number of amides is 2. The Hall–Kier alpha value is -1.30. The van der Waals surface area contributed by atoms with Gasteiger partial charge in [-0.2, -0.15) is 0 Å². The van der Waals surface area contributed by atoms with Gasteiger partial charge in [-0.1, -0.05) is 6.92 Å². The quantitative estimate of drug-likeness (QED) is 0.579. The number of carboxylic acid groups (broad SMARTS) is 1. The van der Waals surface area contributed by atoms with E-state index >= 15 is 0 Å². The predicted molar refractivity (Wildman–Crippen MR) is 52.4 cm³/mol. The topological polar surface area (TPSA) is 89.9 Å². The van der Waals surface area contributed by atoms with Crippen molar-refractivity contribution in [2.45, 2.75) is 26.0 Å². The lowest BCUT2D eigenvalue weighted by Crippen LogP contribution is -2.46. The van der Waals surface area contributed by atoms with E-state index in [1.807, 2.05) is 6.92 Å². The molecule has 2 amide bonds. The van der Waals surface area contributed by atoms with Gasteiger partial charge in [0.05, 0.1) is 6.10 Å². The molecule has 0 aliphatic carbocycles. The molecule has 1 saturated heterocycles. The van der Waals surface area contributed by atoms with Gasteiger partial charge in [0, 0.05) is 19.0 Å². The van der Waals surface area contributed by atoms with Gasteiger partial charge in [0.25, 0.3) is 0 Å². The average Bonchev–Trinajstić information content (AvgIpc) is 2.46. The third-order valence-corrected chi connectivity index (χ3v) is 2.57. The van der Waals surface area contributed by atoms with Crippen molar-refractivity contribution in [1.82, 2.24) is 10.2 Å². The van der Waals surface area contributed by atoms with Crippen LogP contribution in [0.5, 0.6) is 0 Å². The van der Waals surface area contributed by atoms with Crippen LogP contribution in [0.3, 0.4) is 0 Å². The summed E-state index contributed by atoms with van der Waals surface area (Å²) in [5.41, 5.74) is 0. The average molecular weight is 216 g/mol. The Morgan fingerprint density at radius 1 is 1.47 bits per heavy atom. The van der Waals surface area contributed by atoms with Crippen molar-refractivity contribution in [2.75, 3.05) is 13.1 Å². The molecule has 0 radical (unpaired) electrons. The fraction of sp³-hybridized carbons (Fsp3) is 0.778. The molecule has 3 unspecified atom stereocenters. The normalized spacial score (nSPS) is 27.5. The van der Waals surface area contributed by atoms with Gasteiger partial charge in [0.2, 0.25) is 0 Å². The van der Waals surface area contributed by atoms with Gasteiger partial charge in [-0.05, 0) is 6.92 Å². The molecule has 0 aromatic carbocycles. The minimum absolute atomic E-state index is 0.0379. The summed E-state index contributed by atoms with van der Waals surface area (Å²) in [4.78, 5) is 23.4. The van der Waals surface area contributed by atoms with Gasteiger partial charge < -0.3 is 20.4 Å². The fourth-order valence-electron chi connectivity index (χ4n) is 1.45. The SMILES string of the molecule is CC(NC(=O)N1CC(C)C(O)C1)C(=O)O. The lowest BCUT2D eigenvalue weighted by atomic mass is 10.1. The Labute approximate surface area is 87.9 Å². The molecule has 3 atom stereocenters. The lowest BCUT2D eigenvalue weighted by Gasteiger charge is -2.18. The molecule has 1 fully saturated rings. The number of urea groups is 1. The number of carbonyl (C=O) groups excluding carboxylic acids is 1. The first kappa shape index (κ1) is 11.8. The summed E-state index contributed by atoms with van der Waals surface area (Å²) in [6, 6.07) is -1.35. The van der Waals surface area contributed by atoms with E-state index in [-0.39, 0.29) is 12.5 Å². The number of carbonyl (C=O) groups is 2. The second-order valence-corrected chi connectivity index (χ2v) is 3.96. The zero-order valence-electron chi connectivity index (χ0n) is 8.80. The molecule has 1 rings (SSSR count). The van der Waals surface area contributed by atoms with Crippen LogP contribution in [0, 0.1) is 5.92 Å². The molecule has 0 spiro atoms. The van der Waals surface area contributed by atoms with Crippen LogP contribution in [-0.4, -0.2) is 52.3 Å². The lowest BCUT2D eigenvalue weighted by molar-refractivity contribution is -0.138. The van der Waals surface area contributed by atoms with Crippen LogP contribution in [0.1, 0.15) is 13.8 Å².